The van der Waals surface area contributed by atoms with Crippen molar-refractivity contribution in [1.82, 2.24) is 5.17 Å². The summed E-state index contributed by atoms with van der Waals surface area (Å²) < 4.78 is 65.9. The van der Waals surface area contributed by atoms with Crippen molar-refractivity contribution in [3.05, 3.63) is 83.4 Å². The number of nitrogens with zero attached hydrogens (tertiary/aromatic N) is 2. The number of para-hydroxylation sites is 1. The second kappa shape index (κ2) is 9.34. The smallest absolute Gasteiger partial charge is 0.279 e. The van der Waals surface area contributed by atoms with Gasteiger partial charge in [0.05, 0.1) is 24.2 Å². The molecular formula is C23H22F2N2O5S. The van der Waals surface area contributed by atoms with E-state index in [4.69, 9.17) is 14.3 Å². The Morgan fingerprint density at radius 2 is 1.67 bits per heavy atom. The Bertz CT molecular complexity index is 1230. The summed E-state index contributed by atoms with van der Waals surface area (Å²) in [6.45, 7) is 1.62. The minimum Gasteiger partial charge on any atom is -0.497 e. The molecule has 3 aromatic rings. The highest BCUT2D eigenvalue weighted by atomic mass is 32.2. The molecule has 1 heterocycles. The number of hydrazine groups is 1. The number of hydrogen-bond donors (Lipinski definition) is 0. The van der Waals surface area contributed by atoms with Gasteiger partial charge in [0, 0.05) is 5.56 Å². The number of ether oxygens (including phenoxy) is 2. The minimum atomic E-state index is -4.01. The third-order valence-electron chi connectivity index (χ3n) is 5.04. The fourth-order valence-corrected chi connectivity index (χ4v) is 4.86. The lowest BCUT2D eigenvalue weighted by molar-refractivity contribution is -0.161. The topological polar surface area (TPSA) is 68.3 Å². The van der Waals surface area contributed by atoms with Crippen LogP contribution in [0, 0.1) is 18.6 Å². The summed E-state index contributed by atoms with van der Waals surface area (Å²) in [7, 11) is -2.49. The maximum absolute atomic E-state index is 13.7. The average Bonchev–Trinajstić information content (AvgIpc) is 3.16. The minimum absolute atomic E-state index is 0.0926. The van der Waals surface area contributed by atoms with Crippen LogP contribution in [0.5, 0.6) is 11.5 Å². The van der Waals surface area contributed by atoms with Crippen molar-refractivity contribution in [3.8, 4) is 11.5 Å². The molecule has 0 N–H and O–H groups in total. The number of methoxy groups -OCH3 is 1. The number of aryl methyl sites for hydroxylation is 1. The number of fused-ring (bicyclic) bond motifs is 1. The largest absolute Gasteiger partial charge is 0.497 e. The van der Waals surface area contributed by atoms with E-state index in [2.05, 4.69) is 0 Å². The summed E-state index contributed by atoms with van der Waals surface area (Å²) in [6, 6.07) is 14.9. The van der Waals surface area contributed by atoms with E-state index in [1.165, 1.54) is 30.5 Å². The number of rotatable bonds is 8. The van der Waals surface area contributed by atoms with Crippen LogP contribution < -0.4 is 13.9 Å². The number of anilines is 1. The summed E-state index contributed by atoms with van der Waals surface area (Å²) in [5, 5.41) is 1.18. The first-order valence-electron chi connectivity index (χ1n) is 10.1. The maximum Gasteiger partial charge on any atom is 0.279 e. The van der Waals surface area contributed by atoms with Crippen LogP contribution in [-0.4, -0.2) is 33.9 Å². The summed E-state index contributed by atoms with van der Waals surface area (Å²) >= 11 is 0. The van der Waals surface area contributed by atoms with Crippen molar-refractivity contribution in [3.63, 3.8) is 0 Å². The number of halogens is 2. The van der Waals surface area contributed by atoms with Crippen molar-refractivity contribution >= 4 is 15.7 Å². The molecule has 174 valence electrons. The molecule has 1 aliphatic rings. The van der Waals surface area contributed by atoms with E-state index in [0.29, 0.717) is 17.0 Å². The zero-order chi connectivity index (χ0) is 23.6. The van der Waals surface area contributed by atoms with E-state index in [0.717, 1.165) is 22.1 Å². The first-order valence-corrected chi connectivity index (χ1v) is 11.5. The Balaban J connectivity index is 1.56. The van der Waals surface area contributed by atoms with E-state index in [1.807, 2.05) is 6.92 Å². The predicted octanol–water partition coefficient (Wildman–Crippen LogP) is 4.22. The number of hydrogen-bond acceptors (Lipinski definition) is 6. The van der Waals surface area contributed by atoms with Crippen LogP contribution in [0.25, 0.3) is 0 Å². The molecule has 0 unspecified atom stereocenters. The summed E-state index contributed by atoms with van der Waals surface area (Å²) in [6.07, 6.45) is 0. The highest BCUT2D eigenvalue weighted by Gasteiger charge is 2.38. The Hall–Kier alpha value is -3.21. The SMILES string of the molecule is COc1ccc2c(c1)CN(OCCOc1c(F)cccc1F)N2S(=O)(=O)c1ccc(C)cc1. The van der Waals surface area contributed by atoms with Crippen molar-refractivity contribution < 1.29 is 31.5 Å². The number of benzene rings is 3. The van der Waals surface area contributed by atoms with Crippen LogP contribution in [0.1, 0.15) is 11.1 Å². The fourth-order valence-electron chi connectivity index (χ4n) is 3.40. The number of sulfonamides is 1. The molecule has 7 nitrogen and oxygen atoms in total. The first-order chi connectivity index (χ1) is 15.8. The van der Waals surface area contributed by atoms with Gasteiger partial charge in [0.1, 0.15) is 19.0 Å². The quantitative estimate of drug-likeness (QED) is 0.454. The second-order valence-corrected chi connectivity index (χ2v) is 9.07. The third-order valence-corrected chi connectivity index (χ3v) is 6.74. The van der Waals surface area contributed by atoms with Crippen LogP contribution in [-0.2, 0) is 21.4 Å². The molecule has 0 radical (unpaired) electrons. The van der Waals surface area contributed by atoms with Crippen molar-refractivity contribution in [2.24, 2.45) is 0 Å². The highest BCUT2D eigenvalue weighted by Crippen LogP contribution is 2.38. The van der Waals surface area contributed by atoms with E-state index >= 15 is 0 Å². The zero-order valence-electron chi connectivity index (χ0n) is 18.0. The monoisotopic (exact) mass is 476 g/mol. The van der Waals surface area contributed by atoms with Gasteiger partial charge in [-0.25, -0.2) is 8.78 Å². The Morgan fingerprint density at radius 1 is 0.970 bits per heavy atom. The van der Waals surface area contributed by atoms with Crippen LogP contribution in [0.2, 0.25) is 0 Å². The predicted molar refractivity (Wildman–Crippen MR) is 117 cm³/mol. The molecule has 0 fully saturated rings. The molecular weight excluding hydrogens is 454 g/mol. The standard InChI is InChI=1S/C23H22F2N2O5S/c1-16-6-9-19(10-7-16)33(28,29)27-22-11-8-18(30-2)14-17(22)15-26(27)32-13-12-31-23-20(24)4-3-5-21(23)25/h3-11,14H,12-13,15H2,1-2H3. The van der Waals surface area contributed by atoms with Gasteiger partial charge in [0.15, 0.2) is 17.4 Å². The first kappa shape index (κ1) is 23.0. The van der Waals surface area contributed by atoms with Gasteiger partial charge < -0.3 is 9.47 Å². The van der Waals surface area contributed by atoms with Gasteiger partial charge in [-0.2, -0.15) is 12.8 Å². The lowest BCUT2D eigenvalue weighted by Gasteiger charge is -2.28. The molecule has 0 bridgehead atoms. The van der Waals surface area contributed by atoms with Crippen molar-refractivity contribution in [2.45, 2.75) is 18.4 Å². The van der Waals surface area contributed by atoms with Gasteiger partial charge in [-0.05, 0) is 49.4 Å². The van der Waals surface area contributed by atoms with Gasteiger partial charge in [0.2, 0.25) is 0 Å². The van der Waals surface area contributed by atoms with Crippen LogP contribution >= 0.6 is 0 Å². The van der Waals surface area contributed by atoms with Crippen LogP contribution in [0.4, 0.5) is 14.5 Å². The summed E-state index contributed by atoms with van der Waals surface area (Å²) in [5.74, 6) is -1.61. The molecule has 0 aliphatic carbocycles. The lowest BCUT2D eigenvalue weighted by Crippen LogP contribution is -2.42. The highest BCUT2D eigenvalue weighted by molar-refractivity contribution is 7.92. The molecule has 1 aliphatic heterocycles. The normalized spacial score (nSPS) is 13.8. The number of hydroxylamine groups is 1. The fraction of sp³-hybridized carbons (Fsp3) is 0.217. The molecule has 10 heteroatoms. The van der Waals surface area contributed by atoms with Crippen LogP contribution in [0.3, 0.4) is 0 Å². The van der Waals surface area contributed by atoms with Crippen molar-refractivity contribution in [2.75, 3.05) is 24.7 Å². The molecule has 4 rings (SSSR count). The van der Waals surface area contributed by atoms with E-state index < -0.39 is 27.4 Å². The maximum atomic E-state index is 13.7. The Kier molecular flexibility index (Phi) is 6.50. The average molecular weight is 477 g/mol. The van der Waals surface area contributed by atoms with E-state index in [9.17, 15) is 17.2 Å². The van der Waals surface area contributed by atoms with Gasteiger partial charge in [-0.15, -0.1) is 0 Å². The molecule has 0 spiro atoms. The van der Waals surface area contributed by atoms with Crippen molar-refractivity contribution in [1.29, 1.82) is 0 Å². The van der Waals surface area contributed by atoms with Gasteiger partial charge in [-0.3, -0.25) is 4.84 Å². The molecule has 0 saturated carbocycles. The van der Waals surface area contributed by atoms with Crippen LogP contribution in [0.15, 0.2) is 65.6 Å². The molecule has 0 aromatic heterocycles. The molecule has 0 saturated heterocycles. The van der Waals surface area contributed by atoms with Gasteiger partial charge in [-0.1, -0.05) is 28.9 Å². The van der Waals surface area contributed by atoms with Gasteiger partial charge in [0.25, 0.3) is 10.0 Å². The van der Waals surface area contributed by atoms with E-state index in [1.54, 1.807) is 30.3 Å². The molecule has 0 amide bonds. The Morgan fingerprint density at radius 3 is 2.33 bits per heavy atom. The summed E-state index contributed by atoms with van der Waals surface area (Å²) in [4.78, 5) is 5.77. The second-order valence-electron chi connectivity index (χ2n) is 7.30. The molecule has 3 aromatic carbocycles. The lowest BCUT2D eigenvalue weighted by atomic mass is 10.2. The zero-order valence-corrected chi connectivity index (χ0v) is 18.8. The van der Waals surface area contributed by atoms with Gasteiger partial charge >= 0.3 is 0 Å². The molecule has 0 atom stereocenters. The molecule has 33 heavy (non-hydrogen) atoms. The Labute approximate surface area is 190 Å². The third kappa shape index (κ3) is 4.63. The summed E-state index contributed by atoms with van der Waals surface area (Å²) in [5.41, 5.74) is 2.01. The van der Waals surface area contributed by atoms with E-state index in [-0.39, 0.29) is 24.7 Å².